The fraction of sp³-hybridized carbons (Fsp3) is 0.292. The zero-order valence-corrected chi connectivity index (χ0v) is 17.1. The van der Waals surface area contributed by atoms with Gasteiger partial charge in [0.1, 0.15) is 5.82 Å². The van der Waals surface area contributed by atoms with Crippen LogP contribution in [-0.4, -0.2) is 41.5 Å². The number of carbonyl (C=O) groups excluding carboxylic acids is 2. The molecule has 6 nitrogen and oxygen atoms in total. The number of benzene rings is 2. The first-order valence-corrected chi connectivity index (χ1v) is 10.4. The highest BCUT2D eigenvalue weighted by Crippen LogP contribution is 2.28. The Morgan fingerprint density at radius 2 is 1.77 bits per heavy atom. The molecule has 3 aromatic rings. The molecule has 0 radical (unpaired) electrons. The standard InChI is InChI=1S/C24H24FN3O3/c25-20-9-5-4-8-19(20)24(30)28-14-11-18(12-15-28)21-16-22(31-27-21)23(29)26-13-10-17-6-2-1-3-7-17/h1-9,16,18H,10-15H2,(H,26,29). The molecule has 0 bridgehead atoms. The quantitative estimate of drug-likeness (QED) is 0.657. The van der Waals surface area contributed by atoms with Crippen molar-refractivity contribution in [1.29, 1.82) is 0 Å². The third kappa shape index (κ3) is 4.99. The minimum Gasteiger partial charge on any atom is -0.351 e. The van der Waals surface area contributed by atoms with E-state index < -0.39 is 5.82 Å². The lowest BCUT2D eigenvalue weighted by atomic mass is 9.93. The lowest BCUT2D eigenvalue weighted by molar-refractivity contribution is 0.0706. The molecule has 2 aromatic carbocycles. The average Bonchev–Trinajstić information content (AvgIpc) is 3.30. The molecule has 2 amide bonds. The molecule has 1 aliphatic heterocycles. The first-order valence-electron chi connectivity index (χ1n) is 10.4. The smallest absolute Gasteiger partial charge is 0.289 e. The monoisotopic (exact) mass is 421 g/mol. The third-order valence-electron chi connectivity index (χ3n) is 5.60. The molecule has 4 rings (SSSR count). The molecule has 1 saturated heterocycles. The van der Waals surface area contributed by atoms with Crippen LogP contribution < -0.4 is 5.32 Å². The summed E-state index contributed by atoms with van der Waals surface area (Å²) in [6, 6.07) is 17.6. The van der Waals surface area contributed by atoms with Gasteiger partial charge in [-0.05, 0) is 37.0 Å². The van der Waals surface area contributed by atoms with E-state index in [-0.39, 0.29) is 29.1 Å². The maximum Gasteiger partial charge on any atom is 0.289 e. The van der Waals surface area contributed by atoms with E-state index in [0.717, 1.165) is 12.0 Å². The van der Waals surface area contributed by atoms with Gasteiger partial charge in [0, 0.05) is 31.6 Å². The fourth-order valence-electron chi connectivity index (χ4n) is 3.82. The van der Waals surface area contributed by atoms with E-state index in [1.165, 1.54) is 12.1 Å². The van der Waals surface area contributed by atoms with Crippen molar-refractivity contribution >= 4 is 11.8 Å². The van der Waals surface area contributed by atoms with Crippen LogP contribution in [0.3, 0.4) is 0 Å². The van der Waals surface area contributed by atoms with E-state index in [9.17, 15) is 14.0 Å². The lowest BCUT2D eigenvalue weighted by Gasteiger charge is -2.31. The molecule has 0 spiro atoms. The van der Waals surface area contributed by atoms with E-state index in [2.05, 4.69) is 10.5 Å². The van der Waals surface area contributed by atoms with Gasteiger partial charge in [-0.1, -0.05) is 47.6 Å². The van der Waals surface area contributed by atoms with Gasteiger partial charge in [-0.15, -0.1) is 0 Å². The maximum absolute atomic E-state index is 13.9. The van der Waals surface area contributed by atoms with Crippen LogP contribution in [0.25, 0.3) is 0 Å². The second-order valence-electron chi connectivity index (χ2n) is 7.65. The molecule has 2 heterocycles. The van der Waals surface area contributed by atoms with Gasteiger partial charge in [0.2, 0.25) is 5.76 Å². The summed E-state index contributed by atoms with van der Waals surface area (Å²) >= 11 is 0. The Morgan fingerprint density at radius 1 is 1.06 bits per heavy atom. The molecule has 7 heteroatoms. The molecule has 1 fully saturated rings. The number of hydrogen-bond acceptors (Lipinski definition) is 4. The molecule has 160 valence electrons. The lowest BCUT2D eigenvalue weighted by Crippen LogP contribution is -2.38. The van der Waals surface area contributed by atoms with Crippen molar-refractivity contribution in [2.24, 2.45) is 0 Å². The molecule has 1 aromatic heterocycles. The van der Waals surface area contributed by atoms with Crippen molar-refractivity contribution in [2.75, 3.05) is 19.6 Å². The summed E-state index contributed by atoms with van der Waals surface area (Å²) in [5.41, 5.74) is 1.96. The van der Waals surface area contributed by atoms with Crippen molar-refractivity contribution in [3.8, 4) is 0 Å². The molecular formula is C24H24FN3O3. The zero-order valence-electron chi connectivity index (χ0n) is 17.1. The van der Waals surface area contributed by atoms with E-state index in [1.54, 1.807) is 23.1 Å². The van der Waals surface area contributed by atoms with Crippen molar-refractivity contribution in [1.82, 2.24) is 15.4 Å². The van der Waals surface area contributed by atoms with Gasteiger partial charge in [-0.3, -0.25) is 9.59 Å². The third-order valence-corrected chi connectivity index (χ3v) is 5.60. The van der Waals surface area contributed by atoms with E-state index >= 15 is 0 Å². The minimum atomic E-state index is -0.506. The van der Waals surface area contributed by atoms with Gasteiger partial charge in [-0.25, -0.2) is 4.39 Å². The number of carbonyl (C=O) groups is 2. The number of amides is 2. The van der Waals surface area contributed by atoms with Gasteiger partial charge in [0.25, 0.3) is 11.8 Å². The van der Waals surface area contributed by atoms with Crippen LogP contribution >= 0.6 is 0 Å². The van der Waals surface area contributed by atoms with Crippen LogP contribution in [0.4, 0.5) is 4.39 Å². The van der Waals surface area contributed by atoms with E-state index in [4.69, 9.17) is 4.52 Å². The Kier molecular flexibility index (Phi) is 6.40. The summed E-state index contributed by atoms with van der Waals surface area (Å²) < 4.78 is 19.1. The highest BCUT2D eigenvalue weighted by atomic mass is 19.1. The number of aromatic nitrogens is 1. The summed E-state index contributed by atoms with van der Waals surface area (Å²) in [6.07, 6.45) is 2.10. The number of nitrogens with zero attached hydrogens (tertiary/aromatic N) is 2. The molecular weight excluding hydrogens is 397 g/mol. The van der Waals surface area contributed by atoms with Crippen LogP contribution in [0, 0.1) is 5.82 Å². The van der Waals surface area contributed by atoms with Crippen molar-refractivity contribution in [3.05, 3.63) is 89.1 Å². The number of rotatable bonds is 6. The second-order valence-corrected chi connectivity index (χ2v) is 7.65. The predicted molar refractivity (Wildman–Crippen MR) is 113 cm³/mol. The van der Waals surface area contributed by atoms with Gasteiger partial charge in [0.15, 0.2) is 0 Å². The SMILES string of the molecule is O=C(NCCc1ccccc1)c1cc(C2CCN(C(=O)c3ccccc3F)CC2)no1. The highest BCUT2D eigenvalue weighted by molar-refractivity contribution is 5.94. The van der Waals surface area contributed by atoms with Crippen LogP contribution in [0.2, 0.25) is 0 Å². The topological polar surface area (TPSA) is 75.4 Å². The Morgan fingerprint density at radius 3 is 2.52 bits per heavy atom. The maximum atomic E-state index is 13.9. The Bertz CT molecular complexity index is 1040. The first kappa shape index (κ1) is 20.8. The normalized spacial score (nSPS) is 14.4. The summed E-state index contributed by atoms with van der Waals surface area (Å²) in [5.74, 6) is -0.807. The number of nitrogens with one attached hydrogen (secondary N) is 1. The minimum absolute atomic E-state index is 0.0943. The summed E-state index contributed by atoms with van der Waals surface area (Å²) in [5, 5.41) is 6.92. The fourth-order valence-corrected chi connectivity index (χ4v) is 3.82. The Hall–Kier alpha value is -3.48. The molecule has 31 heavy (non-hydrogen) atoms. The van der Waals surface area contributed by atoms with E-state index in [1.807, 2.05) is 30.3 Å². The first-order chi connectivity index (χ1) is 15.1. The Labute approximate surface area is 180 Å². The summed E-state index contributed by atoms with van der Waals surface area (Å²) in [4.78, 5) is 26.5. The van der Waals surface area contributed by atoms with Crippen molar-refractivity contribution < 1.29 is 18.5 Å². The van der Waals surface area contributed by atoms with Gasteiger partial charge < -0.3 is 14.7 Å². The molecule has 0 unspecified atom stereocenters. The molecule has 1 aliphatic rings. The molecule has 0 saturated carbocycles. The highest BCUT2D eigenvalue weighted by Gasteiger charge is 2.28. The summed E-state index contributed by atoms with van der Waals surface area (Å²) in [7, 11) is 0. The number of likely N-dealkylation sites (tertiary alicyclic amines) is 1. The van der Waals surface area contributed by atoms with Crippen molar-refractivity contribution in [3.63, 3.8) is 0 Å². The van der Waals surface area contributed by atoms with E-state index in [0.29, 0.717) is 38.2 Å². The number of hydrogen-bond donors (Lipinski definition) is 1. The summed E-state index contributed by atoms with van der Waals surface area (Å²) in [6.45, 7) is 1.52. The number of piperidine rings is 1. The van der Waals surface area contributed by atoms with Gasteiger partial charge in [0.05, 0.1) is 11.3 Å². The van der Waals surface area contributed by atoms with Gasteiger partial charge >= 0.3 is 0 Å². The molecule has 1 N–H and O–H groups in total. The Balaban J connectivity index is 1.28. The molecule has 0 aliphatic carbocycles. The van der Waals surface area contributed by atoms with Crippen LogP contribution in [0.1, 0.15) is 50.9 Å². The van der Waals surface area contributed by atoms with Gasteiger partial charge in [-0.2, -0.15) is 0 Å². The van der Waals surface area contributed by atoms with Crippen LogP contribution in [0.15, 0.2) is 65.2 Å². The predicted octanol–water partition coefficient (Wildman–Crippen LogP) is 3.81. The second kappa shape index (κ2) is 9.55. The molecule has 0 atom stereocenters. The number of halogens is 1. The van der Waals surface area contributed by atoms with Crippen molar-refractivity contribution in [2.45, 2.75) is 25.2 Å². The largest absolute Gasteiger partial charge is 0.351 e. The average molecular weight is 421 g/mol. The van der Waals surface area contributed by atoms with Crippen LogP contribution in [-0.2, 0) is 6.42 Å². The van der Waals surface area contributed by atoms with Crippen LogP contribution in [0.5, 0.6) is 0 Å². The zero-order chi connectivity index (χ0) is 21.6.